The molecule has 0 saturated carbocycles. The van der Waals surface area contributed by atoms with Crippen molar-refractivity contribution in [3.8, 4) is 11.8 Å². The van der Waals surface area contributed by atoms with Gasteiger partial charge in [0.05, 0.1) is 44.8 Å². The second kappa shape index (κ2) is 10.3. The van der Waals surface area contributed by atoms with Crippen LogP contribution < -0.4 is 20.7 Å². The molecule has 0 saturated heterocycles. The molecule has 0 aliphatic rings. The number of fused-ring (bicyclic) bond motifs is 1. The normalized spacial score (nSPS) is 12.7. The van der Waals surface area contributed by atoms with Crippen LogP contribution in [0.4, 0.5) is 16.0 Å². The highest BCUT2D eigenvalue weighted by atomic mass is 19.1. The predicted molar refractivity (Wildman–Crippen MR) is 138 cm³/mol. The molecular formula is C21H19B5FN7O2. The zero-order valence-corrected chi connectivity index (χ0v) is 19.8. The van der Waals surface area contributed by atoms with Crippen molar-refractivity contribution in [2.24, 2.45) is 0 Å². The lowest BCUT2D eigenvalue weighted by molar-refractivity contribution is 0.112. The fraction of sp³-hybridized carbons (Fsp3) is 0.333. The Kier molecular flexibility index (Phi) is 7.79. The number of likely N-dealkylation sites (N-methyl/N-ethyl adjacent to an activating group) is 1. The predicted octanol–water partition coefficient (Wildman–Crippen LogP) is -0.302. The van der Waals surface area contributed by atoms with E-state index in [1.165, 1.54) is 27.7 Å². The van der Waals surface area contributed by atoms with Gasteiger partial charge in [0, 0.05) is 24.8 Å². The number of hydrogen-bond donors (Lipinski definition) is 2. The molecule has 1 aromatic carbocycles. The quantitative estimate of drug-likeness (QED) is 0.303. The van der Waals surface area contributed by atoms with Gasteiger partial charge in [0.15, 0.2) is 17.8 Å². The van der Waals surface area contributed by atoms with Gasteiger partial charge in [-0.3, -0.25) is 4.79 Å². The van der Waals surface area contributed by atoms with Crippen LogP contribution in [0.25, 0.3) is 5.65 Å². The third-order valence-corrected chi connectivity index (χ3v) is 5.54. The lowest BCUT2D eigenvalue weighted by Crippen LogP contribution is -2.59. The average molecular weight is 474 g/mol. The van der Waals surface area contributed by atoms with Crippen molar-refractivity contribution < 1.29 is 13.9 Å². The van der Waals surface area contributed by atoms with E-state index < -0.39 is 16.3 Å². The molecule has 0 fully saturated rings. The topological polar surface area (TPSA) is 122 Å². The summed E-state index contributed by atoms with van der Waals surface area (Å²) >= 11 is 0. The Hall–Kier alpha value is -3.39. The van der Waals surface area contributed by atoms with E-state index in [4.69, 9.17) is 49.7 Å². The summed E-state index contributed by atoms with van der Waals surface area (Å²) in [7, 11) is 32.1. The van der Waals surface area contributed by atoms with Crippen LogP contribution in [-0.4, -0.2) is 85.1 Å². The van der Waals surface area contributed by atoms with E-state index in [-0.39, 0.29) is 52.4 Å². The molecule has 3 rings (SSSR count). The summed E-state index contributed by atoms with van der Waals surface area (Å²) < 4.78 is 21.9. The largest absolute Gasteiger partial charge is 0.489 e. The van der Waals surface area contributed by atoms with Crippen LogP contribution in [0.5, 0.6) is 5.75 Å². The van der Waals surface area contributed by atoms with E-state index in [9.17, 15) is 14.4 Å². The third-order valence-electron chi connectivity index (χ3n) is 5.54. The Bertz CT molecular complexity index is 1320. The average Bonchev–Trinajstić information content (AvgIpc) is 3.12. The van der Waals surface area contributed by atoms with E-state index in [1.807, 2.05) is 6.07 Å². The van der Waals surface area contributed by atoms with Crippen molar-refractivity contribution >= 4 is 62.8 Å². The lowest BCUT2D eigenvalue weighted by Gasteiger charge is -2.51. The van der Waals surface area contributed by atoms with Gasteiger partial charge in [0.1, 0.15) is 35.1 Å². The van der Waals surface area contributed by atoms with Gasteiger partial charge >= 0.3 is 0 Å². The summed E-state index contributed by atoms with van der Waals surface area (Å²) in [5, 5.41) is 12.3. The lowest BCUT2D eigenvalue weighted by atomic mass is 9.26. The maximum atomic E-state index is 14.7. The van der Waals surface area contributed by atoms with Crippen molar-refractivity contribution in [2.45, 2.75) is 30.0 Å². The number of ether oxygens (including phenoxy) is 1. The number of nitrogens with zero attached hydrogens (tertiary/aromatic N) is 5. The van der Waals surface area contributed by atoms with Crippen LogP contribution in [0.2, 0.25) is 5.11 Å². The van der Waals surface area contributed by atoms with Crippen LogP contribution in [0.15, 0.2) is 24.4 Å². The Morgan fingerprint density at radius 3 is 2.61 bits per heavy atom. The highest BCUT2D eigenvalue weighted by molar-refractivity contribution is 6.67. The highest BCUT2D eigenvalue weighted by Crippen LogP contribution is 2.37. The summed E-state index contributed by atoms with van der Waals surface area (Å²) in [6.45, 7) is 1.90. The summed E-state index contributed by atoms with van der Waals surface area (Å²) in [5.74, 6) is -0.625. The van der Waals surface area contributed by atoms with E-state index in [2.05, 4.69) is 15.4 Å². The van der Waals surface area contributed by atoms with E-state index in [1.54, 1.807) is 14.0 Å². The van der Waals surface area contributed by atoms with Crippen molar-refractivity contribution in [1.82, 2.24) is 19.9 Å². The molecule has 9 nitrogen and oxygen atoms in total. The van der Waals surface area contributed by atoms with Crippen LogP contribution in [0, 0.1) is 17.1 Å². The number of rotatable bonds is 10. The molecule has 15 heteroatoms. The van der Waals surface area contributed by atoms with Gasteiger partial charge in [-0.25, -0.2) is 13.9 Å². The smallest absolute Gasteiger partial charge is 0.170 e. The Morgan fingerprint density at radius 2 is 2.03 bits per heavy atom. The number of halogens is 1. The van der Waals surface area contributed by atoms with Gasteiger partial charge in [-0.15, -0.1) is 10.2 Å². The molecule has 10 radical (unpaired) electrons. The van der Waals surface area contributed by atoms with E-state index in [0.29, 0.717) is 12.8 Å². The number of nitriles is 1. The Morgan fingerprint density at radius 1 is 1.33 bits per heavy atom. The van der Waals surface area contributed by atoms with Gasteiger partial charge in [0.25, 0.3) is 0 Å². The maximum Gasteiger partial charge on any atom is 0.170 e. The molecule has 2 aromatic heterocycles. The second-order valence-electron chi connectivity index (χ2n) is 8.31. The number of carbonyl (C=O) groups excluding carboxylic acids is 1. The number of carbonyl (C=O) groups is 1. The van der Waals surface area contributed by atoms with Gasteiger partial charge < -0.3 is 20.7 Å². The van der Waals surface area contributed by atoms with Gasteiger partial charge in [-0.2, -0.15) is 5.26 Å². The van der Waals surface area contributed by atoms with Crippen molar-refractivity contribution in [2.75, 3.05) is 24.2 Å². The molecular weight excluding hydrogens is 455 g/mol. The second-order valence-corrected chi connectivity index (χ2v) is 8.31. The maximum absolute atomic E-state index is 14.7. The number of aldehydes is 1. The minimum Gasteiger partial charge on any atom is -0.489 e. The molecule has 0 bridgehead atoms. The van der Waals surface area contributed by atoms with Crippen LogP contribution in [0.1, 0.15) is 28.4 Å². The van der Waals surface area contributed by atoms with E-state index in [0.717, 1.165) is 6.07 Å². The number of nitrogen functional groups attached to an aromatic ring is 1. The molecule has 172 valence electrons. The van der Waals surface area contributed by atoms with Gasteiger partial charge in [-0.05, 0) is 32.2 Å². The fourth-order valence-electron chi connectivity index (χ4n) is 3.54. The number of nitrogens with two attached hydrogens (primary N) is 1. The van der Waals surface area contributed by atoms with Crippen LogP contribution >= 0.6 is 0 Å². The third kappa shape index (κ3) is 5.09. The number of nitrogens with one attached hydrogen (secondary N) is 1. The molecule has 0 aliphatic carbocycles. The molecule has 3 aromatic rings. The number of anilines is 2. The number of hydrogen-bond acceptors (Lipinski definition) is 8. The molecule has 1 atom stereocenters. The molecule has 2 heterocycles. The minimum atomic E-state index is -2.21. The van der Waals surface area contributed by atoms with Gasteiger partial charge in [-0.1, -0.05) is 5.34 Å². The van der Waals surface area contributed by atoms with E-state index >= 15 is 0 Å². The Labute approximate surface area is 215 Å². The zero-order valence-electron chi connectivity index (χ0n) is 19.8. The SMILES string of the molecule is [B]C([B])([B])C([B])([B])N(Cc1c(OC(C)CNC)ccc(F)c1C#N)c1ccn2nc(N)c(C=O)c2n1. The first-order valence-electron chi connectivity index (χ1n) is 10.7. The summed E-state index contributed by atoms with van der Waals surface area (Å²) in [6.07, 6.45) is 1.58. The Balaban J connectivity index is 2.23. The van der Waals surface area contributed by atoms with Crippen LogP contribution in [-0.2, 0) is 6.54 Å². The molecule has 36 heavy (non-hydrogen) atoms. The first-order chi connectivity index (χ1) is 16.8. The van der Waals surface area contributed by atoms with Gasteiger partial charge in [0.2, 0.25) is 0 Å². The monoisotopic (exact) mass is 475 g/mol. The summed E-state index contributed by atoms with van der Waals surface area (Å²) in [5.41, 5.74) is 5.66. The standard InChI is InChI=1S/C21H19B5FN7O2/c1-11(8-30-2)36-16-4-3-15(27)12(7-28)13(16)9-33(21(25,26)20(22,23)24)17-5-6-34-19(31-17)14(10-35)18(29)32-34/h3-6,10-11,30H,8-9H2,1-2H3,(H2,29,32). The fourth-order valence-corrected chi connectivity index (χ4v) is 3.54. The van der Waals surface area contributed by atoms with Crippen LogP contribution in [0.3, 0.4) is 0 Å². The number of benzene rings is 1. The van der Waals surface area contributed by atoms with Crippen molar-refractivity contribution in [3.05, 3.63) is 46.9 Å². The minimum absolute atomic E-state index is 0.0179. The first-order valence-corrected chi connectivity index (χ1v) is 10.7. The van der Waals surface area contributed by atoms with Crippen molar-refractivity contribution in [3.63, 3.8) is 0 Å². The molecule has 1 unspecified atom stereocenters. The highest BCUT2D eigenvalue weighted by Gasteiger charge is 2.38. The van der Waals surface area contributed by atoms with Crippen molar-refractivity contribution in [1.29, 1.82) is 5.26 Å². The molecule has 0 amide bonds. The molecule has 0 aliphatic heterocycles. The summed E-state index contributed by atoms with van der Waals surface area (Å²) in [4.78, 5) is 17.1. The zero-order chi connectivity index (χ0) is 26.8. The first kappa shape index (κ1) is 27.2. The summed E-state index contributed by atoms with van der Waals surface area (Å²) in [6, 6.07) is 5.76. The number of aromatic nitrogens is 3. The molecule has 0 spiro atoms. The molecule has 3 N–H and O–H groups in total.